The van der Waals surface area contributed by atoms with Gasteiger partial charge in [0.15, 0.2) is 5.78 Å². The minimum atomic E-state index is 0.260. The predicted octanol–water partition coefficient (Wildman–Crippen LogP) is 3.73. The quantitative estimate of drug-likeness (QED) is 0.772. The second-order valence-electron chi connectivity index (χ2n) is 6.76. The summed E-state index contributed by atoms with van der Waals surface area (Å²) in [7, 11) is 4.14. The van der Waals surface area contributed by atoms with Crippen molar-refractivity contribution in [3.05, 3.63) is 23.0 Å². The summed E-state index contributed by atoms with van der Waals surface area (Å²) in [5, 5.41) is 0. The molecule has 0 atom stereocenters. The summed E-state index contributed by atoms with van der Waals surface area (Å²) in [5.74, 6) is 1.17. The first-order valence-corrected chi connectivity index (χ1v) is 8.30. The van der Waals surface area contributed by atoms with E-state index in [-0.39, 0.29) is 5.78 Å². The first-order valence-electron chi connectivity index (χ1n) is 8.30. The Morgan fingerprint density at radius 2 is 1.90 bits per heavy atom. The molecule has 0 aliphatic heterocycles. The summed E-state index contributed by atoms with van der Waals surface area (Å²) in [6.07, 6.45) is 6.44. The highest BCUT2D eigenvalue weighted by molar-refractivity contribution is 5.99. The Balaban J connectivity index is 1.95. The van der Waals surface area contributed by atoms with Crippen LogP contribution < -0.4 is 0 Å². The Morgan fingerprint density at radius 1 is 1.29 bits per heavy atom. The number of hydrogen-bond donors (Lipinski definition) is 0. The molecule has 0 spiro atoms. The van der Waals surface area contributed by atoms with Crippen LogP contribution in [0.4, 0.5) is 0 Å². The molecule has 1 aliphatic rings. The van der Waals surface area contributed by atoms with Crippen molar-refractivity contribution in [3.8, 4) is 0 Å². The number of rotatable bonds is 5. The van der Waals surface area contributed by atoms with Gasteiger partial charge in [-0.15, -0.1) is 0 Å². The van der Waals surface area contributed by atoms with Gasteiger partial charge in [0.25, 0.3) is 0 Å². The molecule has 1 aromatic rings. The third-order valence-corrected chi connectivity index (χ3v) is 5.49. The van der Waals surface area contributed by atoms with E-state index in [2.05, 4.69) is 30.4 Å². The van der Waals surface area contributed by atoms with E-state index in [0.717, 1.165) is 22.9 Å². The number of ketones is 1. The van der Waals surface area contributed by atoms with Crippen LogP contribution in [-0.4, -0.2) is 34.9 Å². The molecule has 0 saturated heterocycles. The zero-order valence-electron chi connectivity index (χ0n) is 14.3. The van der Waals surface area contributed by atoms with E-state index >= 15 is 0 Å². The minimum absolute atomic E-state index is 0.260. The summed E-state index contributed by atoms with van der Waals surface area (Å²) in [6.45, 7) is 6.93. The smallest absolute Gasteiger partial charge is 0.178 e. The molecule has 2 rings (SSSR count). The Morgan fingerprint density at radius 3 is 2.38 bits per heavy atom. The average molecular weight is 290 g/mol. The van der Waals surface area contributed by atoms with Crippen LogP contribution in [0.1, 0.15) is 60.8 Å². The Bertz CT molecular complexity index is 496. The molecule has 3 heteroatoms. The maximum absolute atomic E-state index is 12.5. The lowest BCUT2D eigenvalue weighted by Gasteiger charge is -2.34. The molecule has 0 radical (unpaired) electrons. The van der Waals surface area contributed by atoms with Gasteiger partial charge in [0.1, 0.15) is 0 Å². The van der Waals surface area contributed by atoms with Crippen molar-refractivity contribution < 1.29 is 4.79 Å². The molecule has 3 nitrogen and oxygen atoms in total. The zero-order chi connectivity index (χ0) is 15.6. The first-order chi connectivity index (χ1) is 9.93. The van der Waals surface area contributed by atoms with Crippen LogP contribution in [0.5, 0.6) is 0 Å². The van der Waals surface area contributed by atoms with Gasteiger partial charge in [-0.05, 0) is 58.6 Å². The standard InChI is InChI=1S/C18H30N2O/c1-6-15-7-9-16(10-8-15)19(4)12-18(21)17-11-13(2)20(5)14(17)3/h11,15-16H,6-10,12H2,1-5H3. The molecule has 0 amide bonds. The molecule has 0 unspecified atom stereocenters. The van der Waals surface area contributed by atoms with Crippen molar-refractivity contribution in [2.75, 3.05) is 13.6 Å². The molecular formula is C18H30N2O. The van der Waals surface area contributed by atoms with E-state index in [1.165, 1.54) is 32.1 Å². The van der Waals surface area contributed by atoms with Crippen LogP contribution in [0.2, 0.25) is 0 Å². The summed E-state index contributed by atoms with van der Waals surface area (Å²) in [6, 6.07) is 2.61. The fourth-order valence-corrected chi connectivity index (χ4v) is 3.57. The van der Waals surface area contributed by atoms with Gasteiger partial charge in [0.05, 0.1) is 6.54 Å². The number of likely N-dealkylation sites (N-methyl/N-ethyl adjacent to an activating group) is 1. The van der Waals surface area contributed by atoms with Gasteiger partial charge in [-0.2, -0.15) is 0 Å². The number of aromatic nitrogens is 1. The predicted molar refractivity (Wildman–Crippen MR) is 87.9 cm³/mol. The topological polar surface area (TPSA) is 25.2 Å². The highest BCUT2D eigenvalue weighted by atomic mass is 16.1. The van der Waals surface area contributed by atoms with Crippen molar-refractivity contribution in [2.45, 2.75) is 58.9 Å². The monoisotopic (exact) mass is 290 g/mol. The molecule has 1 fully saturated rings. The molecule has 118 valence electrons. The van der Waals surface area contributed by atoms with Crippen LogP contribution >= 0.6 is 0 Å². The largest absolute Gasteiger partial charge is 0.351 e. The minimum Gasteiger partial charge on any atom is -0.351 e. The van der Waals surface area contributed by atoms with E-state index in [9.17, 15) is 4.79 Å². The van der Waals surface area contributed by atoms with Gasteiger partial charge in [-0.3, -0.25) is 9.69 Å². The van der Waals surface area contributed by atoms with E-state index in [1.807, 2.05) is 20.0 Å². The van der Waals surface area contributed by atoms with E-state index in [4.69, 9.17) is 0 Å². The summed E-state index contributed by atoms with van der Waals surface area (Å²) < 4.78 is 2.10. The van der Waals surface area contributed by atoms with Gasteiger partial charge in [0, 0.05) is 30.0 Å². The second kappa shape index (κ2) is 6.78. The zero-order valence-corrected chi connectivity index (χ0v) is 14.3. The number of hydrogen-bond acceptors (Lipinski definition) is 2. The van der Waals surface area contributed by atoms with Crippen LogP contribution in [0, 0.1) is 19.8 Å². The van der Waals surface area contributed by atoms with E-state index in [0.29, 0.717) is 12.6 Å². The van der Waals surface area contributed by atoms with Gasteiger partial charge < -0.3 is 4.57 Å². The SMILES string of the molecule is CCC1CCC(N(C)CC(=O)c2cc(C)n(C)c2C)CC1. The van der Waals surface area contributed by atoms with Crippen molar-refractivity contribution in [2.24, 2.45) is 13.0 Å². The Kier molecular flexibility index (Phi) is 5.26. The Hall–Kier alpha value is -1.09. The fraction of sp³-hybridized carbons (Fsp3) is 0.722. The lowest BCUT2D eigenvalue weighted by molar-refractivity contribution is 0.0884. The molecule has 1 heterocycles. The molecule has 1 aromatic heterocycles. The Labute approximate surface area is 129 Å². The van der Waals surface area contributed by atoms with E-state index < -0.39 is 0 Å². The van der Waals surface area contributed by atoms with Crippen LogP contribution in [0.15, 0.2) is 6.07 Å². The molecule has 1 aliphatic carbocycles. The van der Waals surface area contributed by atoms with Crippen molar-refractivity contribution in [1.82, 2.24) is 9.47 Å². The lowest BCUT2D eigenvalue weighted by atomic mass is 9.84. The third-order valence-electron chi connectivity index (χ3n) is 5.49. The normalized spacial score (nSPS) is 22.8. The van der Waals surface area contributed by atoms with Crippen molar-refractivity contribution in [3.63, 3.8) is 0 Å². The van der Waals surface area contributed by atoms with Gasteiger partial charge >= 0.3 is 0 Å². The summed E-state index contributed by atoms with van der Waals surface area (Å²) in [5.41, 5.74) is 3.13. The number of aryl methyl sites for hydroxylation is 1. The molecule has 0 N–H and O–H groups in total. The summed E-state index contributed by atoms with van der Waals surface area (Å²) >= 11 is 0. The highest BCUT2D eigenvalue weighted by Crippen LogP contribution is 2.29. The first kappa shape index (κ1) is 16.3. The number of Topliss-reactive ketones (excluding diaryl/α,β-unsaturated/α-hetero) is 1. The highest BCUT2D eigenvalue weighted by Gasteiger charge is 2.25. The van der Waals surface area contributed by atoms with Crippen LogP contribution in [0.3, 0.4) is 0 Å². The van der Waals surface area contributed by atoms with Gasteiger partial charge in [-0.25, -0.2) is 0 Å². The average Bonchev–Trinajstić information content (AvgIpc) is 2.75. The van der Waals surface area contributed by atoms with Crippen LogP contribution in [0.25, 0.3) is 0 Å². The van der Waals surface area contributed by atoms with Crippen molar-refractivity contribution >= 4 is 5.78 Å². The fourth-order valence-electron chi connectivity index (χ4n) is 3.57. The third kappa shape index (κ3) is 3.57. The molecule has 1 saturated carbocycles. The van der Waals surface area contributed by atoms with E-state index in [1.54, 1.807) is 0 Å². The number of nitrogens with zero attached hydrogens (tertiary/aromatic N) is 2. The maximum atomic E-state index is 12.5. The van der Waals surface area contributed by atoms with Crippen LogP contribution in [-0.2, 0) is 7.05 Å². The van der Waals surface area contributed by atoms with Gasteiger partial charge in [0.2, 0.25) is 0 Å². The summed E-state index contributed by atoms with van der Waals surface area (Å²) in [4.78, 5) is 14.8. The van der Waals surface area contributed by atoms with Crippen molar-refractivity contribution in [1.29, 1.82) is 0 Å². The molecular weight excluding hydrogens is 260 g/mol. The molecule has 0 aromatic carbocycles. The van der Waals surface area contributed by atoms with Gasteiger partial charge in [-0.1, -0.05) is 13.3 Å². The number of carbonyl (C=O) groups is 1. The maximum Gasteiger partial charge on any atom is 0.178 e. The molecule has 21 heavy (non-hydrogen) atoms. The lowest BCUT2D eigenvalue weighted by Crippen LogP contribution is -2.38. The number of carbonyl (C=O) groups excluding carboxylic acids is 1. The second-order valence-corrected chi connectivity index (χ2v) is 6.76. The molecule has 0 bridgehead atoms.